The van der Waals surface area contributed by atoms with Crippen molar-refractivity contribution < 1.29 is 12.8 Å². The summed E-state index contributed by atoms with van der Waals surface area (Å²) in [6.45, 7) is 5.30. The molecule has 0 unspecified atom stereocenters. The molecule has 2 rings (SSSR count). The molecular formula is C18H27FIN5O2S. The Labute approximate surface area is 183 Å². The van der Waals surface area contributed by atoms with Gasteiger partial charge in [-0.15, -0.1) is 24.0 Å². The van der Waals surface area contributed by atoms with Crippen LogP contribution < -0.4 is 10.6 Å². The Bertz CT molecular complexity index is 818. The van der Waals surface area contributed by atoms with Gasteiger partial charge in [0.15, 0.2) is 5.96 Å². The summed E-state index contributed by atoms with van der Waals surface area (Å²) in [6, 6.07) is 6.30. The second-order valence-electron chi connectivity index (χ2n) is 6.33. The monoisotopic (exact) mass is 523 g/mol. The predicted octanol–water partition coefficient (Wildman–Crippen LogP) is 2.18. The number of piperidine rings is 1. The predicted molar refractivity (Wildman–Crippen MR) is 119 cm³/mol. The number of nitrogens with one attached hydrogen (secondary N) is 2. The minimum Gasteiger partial charge on any atom is -0.357 e. The molecule has 0 saturated carbocycles. The summed E-state index contributed by atoms with van der Waals surface area (Å²) in [6.07, 6.45) is 1.36. The van der Waals surface area contributed by atoms with Crippen LogP contribution in [-0.4, -0.2) is 50.1 Å². The molecule has 1 saturated heterocycles. The number of rotatable bonds is 6. The molecule has 7 nitrogen and oxygen atoms in total. The topological polar surface area (TPSA) is 97.6 Å². The van der Waals surface area contributed by atoms with Crippen LogP contribution in [0.15, 0.2) is 23.2 Å². The maximum absolute atomic E-state index is 13.9. The van der Waals surface area contributed by atoms with Gasteiger partial charge < -0.3 is 10.6 Å². The number of benzene rings is 1. The van der Waals surface area contributed by atoms with E-state index >= 15 is 0 Å². The highest BCUT2D eigenvalue weighted by molar-refractivity contribution is 14.0. The molecule has 1 heterocycles. The van der Waals surface area contributed by atoms with Gasteiger partial charge in [-0.05, 0) is 44.9 Å². The van der Waals surface area contributed by atoms with E-state index in [1.807, 2.05) is 13.0 Å². The standard InChI is InChI=1S/C18H26FN5O2S.HI/c1-3-21-18(22-13-15-11-14(12-20)5-6-17(15)19)23-16-7-9-24(10-8-16)27(25,26)4-2;/h5-6,11,16H,3-4,7-10,13H2,1-2H3,(H2,21,22,23);1H. The molecule has 1 fully saturated rings. The third-order valence-corrected chi connectivity index (χ3v) is 6.36. The van der Waals surface area contributed by atoms with Gasteiger partial charge in [0.1, 0.15) is 5.82 Å². The third-order valence-electron chi connectivity index (χ3n) is 4.48. The van der Waals surface area contributed by atoms with E-state index < -0.39 is 15.8 Å². The van der Waals surface area contributed by atoms with E-state index in [1.165, 1.54) is 22.5 Å². The first-order chi connectivity index (χ1) is 12.9. The Morgan fingerprint density at radius 1 is 1.36 bits per heavy atom. The molecule has 156 valence electrons. The molecule has 2 N–H and O–H groups in total. The van der Waals surface area contributed by atoms with Crippen molar-refractivity contribution in [3.8, 4) is 6.07 Å². The number of nitrogens with zero attached hydrogens (tertiary/aromatic N) is 3. The summed E-state index contributed by atoms with van der Waals surface area (Å²) >= 11 is 0. The van der Waals surface area contributed by atoms with Crippen LogP contribution >= 0.6 is 24.0 Å². The van der Waals surface area contributed by atoms with Crippen molar-refractivity contribution in [2.45, 2.75) is 39.3 Å². The summed E-state index contributed by atoms with van der Waals surface area (Å²) in [7, 11) is -3.15. The summed E-state index contributed by atoms with van der Waals surface area (Å²) in [5, 5.41) is 15.4. The average molecular weight is 523 g/mol. The molecule has 0 atom stereocenters. The quantitative estimate of drug-likeness (QED) is 0.339. The Morgan fingerprint density at radius 3 is 2.61 bits per heavy atom. The highest BCUT2D eigenvalue weighted by Crippen LogP contribution is 2.15. The van der Waals surface area contributed by atoms with Gasteiger partial charge in [0, 0.05) is 31.2 Å². The van der Waals surface area contributed by atoms with E-state index in [1.54, 1.807) is 6.92 Å². The molecule has 0 amide bonds. The van der Waals surface area contributed by atoms with E-state index in [4.69, 9.17) is 5.26 Å². The first kappa shape index (κ1) is 24.6. The van der Waals surface area contributed by atoms with Crippen LogP contribution in [0, 0.1) is 17.1 Å². The Hall–Kier alpha value is -1.45. The van der Waals surface area contributed by atoms with Crippen molar-refractivity contribution in [2.24, 2.45) is 4.99 Å². The largest absolute Gasteiger partial charge is 0.357 e. The smallest absolute Gasteiger partial charge is 0.213 e. The van der Waals surface area contributed by atoms with E-state index in [0.717, 1.165) is 0 Å². The highest BCUT2D eigenvalue weighted by atomic mass is 127. The lowest BCUT2D eigenvalue weighted by atomic mass is 10.1. The third kappa shape index (κ3) is 6.86. The van der Waals surface area contributed by atoms with Crippen molar-refractivity contribution in [1.29, 1.82) is 5.26 Å². The van der Waals surface area contributed by atoms with E-state index in [2.05, 4.69) is 15.6 Å². The fraction of sp³-hybridized carbons (Fsp3) is 0.556. The molecule has 0 bridgehead atoms. The van der Waals surface area contributed by atoms with Gasteiger partial charge in [0.2, 0.25) is 10.0 Å². The molecule has 0 aliphatic carbocycles. The van der Waals surface area contributed by atoms with Crippen LogP contribution in [-0.2, 0) is 16.6 Å². The fourth-order valence-corrected chi connectivity index (χ4v) is 4.04. The summed E-state index contributed by atoms with van der Waals surface area (Å²) in [4.78, 5) is 4.41. The molecular weight excluding hydrogens is 496 g/mol. The zero-order chi connectivity index (χ0) is 19.9. The zero-order valence-electron chi connectivity index (χ0n) is 16.1. The van der Waals surface area contributed by atoms with Crippen LogP contribution in [0.3, 0.4) is 0 Å². The van der Waals surface area contributed by atoms with Crippen LogP contribution in [0.25, 0.3) is 0 Å². The number of nitriles is 1. The van der Waals surface area contributed by atoms with Crippen LogP contribution in [0.2, 0.25) is 0 Å². The number of hydrogen-bond acceptors (Lipinski definition) is 4. The minimum atomic E-state index is -3.15. The Kier molecular flexibility index (Phi) is 10.1. The van der Waals surface area contributed by atoms with Crippen LogP contribution in [0.1, 0.15) is 37.8 Å². The number of hydrogen-bond donors (Lipinski definition) is 2. The number of halogens is 2. The second kappa shape index (κ2) is 11.5. The second-order valence-corrected chi connectivity index (χ2v) is 8.59. The number of guanidine groups is 1. The summed E-state index contributed by atoms with van der Waals surface area (Å²) in [5.41, 5.74) is 0.749. The lowest BCUT2D eigenvalue weighted by molar-refractivity contribution is 0.306. The number of aliphatic imine (C=N–C) groups is 1. The molecule has 0 spiro atoms. The molecule has 1 aliphatic rings. The van der Waals surface area contributed by atoms with Gasteiger partial charge >= 0.3 is 0 Å². The van der Waals surface area contributed by atoms with Gasteiger partial charge in [-0.1, -0.05) is 0 Å². The molecule has 10 heteroatoms. The molecule has 28 heavy (non-hydrogen) atoms. The van der Waals surface area contributed by atoms with Gasteiger partial charge in [0.05, 0.1) is 23.9 Å². The first-order valence-corrected chi connectivity index (χ1v) is 10.7. The van der Waals surface area contributed by atoms with Gasteiger partial charge in [-0.2, -0.15) is 5.26 Å². The Morgan fingerprint density at radius 2 is 2.04 bits per heavy atom. The Balaban J connectivity index is 0.00000392. The van der Waals surface area contributed by atoms with Crippen LogP contribution in [0.5, 0.6) is 0 Å². The van der Waals surface area contributed by atoms with Crippen molar-refractivity contribution in [1.82, 2.24) is 14.9 Å². The lowest BCUT2D eigenvalue weighted by Gasteiger charge is -2.32. The molecule has 0 radical (unpaired) electrons. The van der Waals surface area contributed by atoms with Gasteiger partial charge in [0.25, 0.3) is 0 Å². The minimum absolute atomic E-state index is 0. The lowest BCUT2D eigenvalue weighted by Crippen LogP contribution is -2.50. The van der Waals surface area contributed by atoms with E-state index in [0.29, 0.717) is 49.6 Å². The fourth-order valence-electron chi connectivity index (χ4n) is 2.90. The normalized spacial score (nSPS) is 16.1. The summed E-state index contributed by atoms with van der Waals surface area (Å²) < 4.78 is 39.3. The van der Waals surface area contributed by atoms with Crippen molar-refractivity contribution in [3.63, 3.8) is 0 Å². The van der Waals surface area contributed by atoms with Gasteiger partial charge in [-0.25, -0.2) is 22.1 Å². The maximum Gasteiger partial charge on any atom is 0.213 e. The number of sulfonamides is 1. The van der Waals surface area contributed by atoms with E-state index in [-0.39, 0.29) is 42.3 Å². The first-order valence-electron chi connectivity index (χ1n) is 9.10. The molecule has 1 aliphatic heterocycles. The van der Waals surface area contributed by atoms with Gasteiger partial charge in [-0.3, -0.25) is 0 Å². The summed E-state index contributed by atoms with van der Waals surface area (Å²) in [5.74, 6) is 0.269. The van der Waals surface area contributed by atoms with Crippen molar-refractivity contribution >= 4 is 40.0 Å². The molecule has 1 aromatic rings. The SMILES string of the molecule is CCNC(=NCc1cc(C#N)ccc1F)NC1CCN(S(=O)(=O)CC)CC1.I. The van der Waals surface area contributed by atoms with Crippen molar-refractivity contribution in [2.75, 3.05) is 25.4 Å². The maximum atomic E-state index is 13.9. The average Bonchev–Trinajstić information content (AvgIpc) is 2.67. The molecule has 1 aromatic carbocycles. The molecule has 0 aromatic heterocycles. The van der Waals surface area contributed by atoms with E-state index in [9.17, 15) is 12.8 Å². The zero-order valence-corrected chi connectivity index (χ0v) is 19.3. The van der Waals surface area contributed by atoms with Crippen LogP contribution in [0.4, 0.5) is 4.39 Å². The van der Waals surface area contributed by atoms with Crippen molar-refractivity contribution in [3.05, 3.63) is 35.1 Å². The highest BCUT2D eigenvalue weighted by Gasteiger charge is 2.27.